The summed E-state index contributed by atoms with van der Waals surface area (Å²) in [4.78, 5) is 25.6. The summed E-state index contributed by atoms with van der Waals surface area (Å²) >= 11 is 1.32. The number of carbonyl (C=O) groups is 2. The summed E-state index contributed by atoms with van der Waals surface area (Å²) in [6.07, 6.45) is -1.87. The monoisotopic (exact) mass is 551 g/mol. The van der Waals surface area contributed by atoms with E-state index in [1.807, 2.05) is 6.07 Å². The SMILES string of the molecule is CCOC(=O)C[C@H](O)NC(=O)c1ccc(C(Oc2cc(C)c(-c3ccc(C(C)(C)C)cc3)c(C)c2)C(C)C)s1. The van der Waals surface area contributed by atoms with E-state index in [1.54, 1.807) is 13.0 Å². The molecule has 1 unspecified atom stereocenters. The van der Waals surface area contributed by atoms with Crippen molar-refractivity contribution < 1.29 is 24.2 Å². The Morgan fingerprint density at radius 1 is 1.00 bits per heavy atom. The molecule has 0 saturated heterocycles. The molecule has 1 amide bonds. The van der Waals surface area contributed by atoms with Crippen molar-refractivity contribution in [2.45, 2.75) is 79.6 Å². The van der Waals surface area contributed by atoms with E-state index in [1.165, 1.54) is 28.0 Å². The van der Waals surface area contributed by atoms with Gasteiger partial charge in [0.15, 0.2) is 0 Å². The number of nitrogens with one attached hydrogen (secondary N) is 1. The van der Waals surface area contributed by atoms with Crippen LogP contribution in [0, 0.1) is 19.8 Å². The molecule has 1 aromatic heterocycles. The van der Waals surface area contributed by atoms with E-state index in [-0.39, 0.29) is 30.5 Å². The largest absolute Gasteiger partial charge is 0.485 e. The molecule has 0 aliphatic carbocycles. The fraction of sp³-hybridized carbons (Fsp3) is 0.438. The number of aliphatic hydroxyl groups is 1. The number of carbonyl (C=O) groups excluding carboxylic acids is 2. The number of amides is 1. The van der Waals surface area contributed by atoms with Crippen molar-refractivity contribution in [3.8, 4) is 16.9 Å². The molecule has 3 rings (SSSR count). The highest BCUT2D eigenvalue weighted by Gasteiger charge is 2.24. The summed E-state index contributed by atoms with van der Waals surface area (Å²) in [5.74, 6) is -0.0785. The molecule has 0 fully saturated rings. The molecule has 0 saturated carbocycles. The number of aryl methyl sites for hydroxylation is 2. The summed E-state index contributed by atoms with van der Waals surface area (Å²) in [6, 6.07) is 16.5. The van der Waals surface area contributed by atoms with Crippen LogP contribution < -0.4 is 10.1 Å². The van der Waals surface area contributed by atoms with Gasteiger partial charge in [-0.1, -0.05) is 58.9 Å². The molecule has 0 radical (unpaired) electrons. The van der Waals surface area contributed by atoms with E-state index in [2.05, 4.69) is 90.2 Å². The number of rotatable bonds is 10. The number of esters is 1. The van der Waals surface area contributed by atoms with Crippen LogP contribution in [0.1, 0.15) is 85.3 Å². The normalized spacial score (nSPS) is 13.2. The summed E-state index contributed by atoms with van der Waals surface area (Å²) in [7, 11) is 0. The van der Waals surface area contributed by atoms with Crippen LogP contribution in [0.2, 0.25) is 0 Å². The summed E-state index contributed by atoms with van der Waals surface area (Å²) in [5, 5.41) is 12.5. The Bertz CT molecular complexity index is 1260. The van der Waals surface area contributed by atoms with Gasteiger partial charge >= 0.3 is 5.97 Å². The van der Waals surface area contributed by atoms with Gasteiger partial charge in [-0.15, -0.1) is 11.3 Å². The molecule has 1 heterocycles. The number of thiophene rings is 1. The lowest BCUT2D eigenvalue weighted by Gasteiger charge is -2.23. The van der Waals surface area contributed by atoms with Crippen molar-refractivity contribution >= 4 is 23.2 Å². The molecular formula is C32H41NO5S. The van der Waals surface area contributed by atoms with Crippen LogP contribution in [0.4, 0.5) is 0 Å². The number of hydrogen-bond acceptors (Lipinski definition) is 6. The molecule has 6 nitrogen and oxygen atoms in total. The van der Waals surface area contributed by atoms with Gasteiger partial charge in [0.25, 0.3) is 5.91 Å². The molecule has 39 heavy (non-hydrogen) atoms. The molecule has 3 aromatic rings. The summed E-state index contributed by atoms with van der Waals surface area (Å²) < 4.78 is 11.3. The minimum Gasteiger partial charge on any atom is -0.485 e. The van der Waals surface area contributed by atoms with Crippen molar-refractivity contribution in [2.24, 2.45) is 5.92 Å². The van der Waals surface area contributed by atoms with Crippen molar-refractivity contribution in [3.05, 3.63) is 75.0 Å². The fourth-order valence-corrected chi connectivity index (χ4v) is 5.65. The van der Waals surface area contributed by atoms with Crippen LogP contribution in [0.5, 0.6) is 5.75 Å². The Kier molecular flexibility index (Phi) is 9.97. The minimum absolute atomic E-state index is 0.108. The molecule has 210 valence electrons. The number of benzene rings is 2. The van der Waals surface area contributed by atoms with Gasteiger partial charge in [0, 0.05) is 4.88 Å². The van der Waals surface area contributed by atoms with Crippen molar-refractivity contribution in [3.63, 3.8) is 0 Å². The third-order valence-corrected chi connectivity index (χ3v) is 7.65. The lowest BCUT2D eigenvalue weighted by Crippen LogP contribution is -2.36. The quantitative estimate of drug-likeness (QED) is 0.207. The zero-order valence-corrected chi connectivity index (χ0v) is 25.1. The Hall–Kier alpha value is -3.16. The second-order valence-corrected chi connectivity index (χ2v) is 12.4. The van der Waals surface area contributed by atoms with Crippen LogP contribution in [0.3, 0.4) is 0 Å². The van der Waals surface area contributed by atoms with Gasteiger partial charge in [-0.2, -0.15) is 0 Å². The smallest absolute Gasteiger partial charge is 0.310 e. The third-order valence-electron chi connectivity index (χ3n) is 6.51. The van der Waals surface area contributed by atoms with Crippen molar-refractivity contribution in [2.75, 3.05) is 6.61 Å². The predicted molar refractivity (Wildman–Crippen MR) is 157 cm³/mol. The van der Waals surface area contributed by atoms with Crippen LogP contribution in [-0.2, 0) is 14.9 Å². The average Bonchev–Trinajstić information content (AvgIpc) is 3.32. The maximum atomic E-state index is 12.6. The van der Waals surface area contributed by atoms with Gasteiger partial charge in [-0.25, -0.2) is 0 Å². The molecule has 2 N–H and O–H groups in total. The average molecular weight is 552 g/mol. The number of ether oxygens (including phenoxy) is 2. The van der Waals surface area contributed by atoms with Crippen molar-refractivity contribution in [1.29, 1.82) is 0 Å². The first kappa shape index (κ1) is 30.4. The fourth-order valence-electron chi connectivity index (χ4n) is 4.53. The number of hydrogen-bond donors (Lipinski definition) is 2. The van der Waals surface area contributed by atoms with Crippen LogP contribution >= 0.6 is 11.3 Å². The molecule has 0 bridgehead atoms. The molecule has 7 heteroatoms. The van der Waals surface area contributed by atoms with Crippen LogP contribution in [0.25, 0.3) is 11.1 Å². The number of aliphatic hydroxyl groups excluding tert-OH is 1. The second-order valence-electron chi connectivity index (χ2n) is 11.2. The highest BCUT2D eigenvalue weighted by molar-refractivity contribution is 7.14. The standard InChI is InChI=1S/C32H41NO5S/c1-9-37-28(35)18-27(34)33-31(36)26-15-14-25(39-26)30(19(2)3)38-24-16-20(4)29(21(5)17-24)22-10-12-23(13-11-22)32(6,7)8/h10-17,19,27,30,34H,9,18H2,1-8H3,(H,33,36)/t27-,30?/m0/s1. The molecule has 0 spiro atoms. The second kappa shape index (κ2) is 12.8. The minimum atomic E-state index is -1.31. The maximum absolute atomic E-state index is 12.6. The lowest BCUT2D eigenvalue weighted by atomic mass is 9.85. The Morgan fingerprint density at radius 3 is 2.15 bits per heavy atom. The summed E-state index contributed by atoms with van der Waals surface area (Å²) in [5.41, 5.74) is 6.08. The zero-order chi connectivity index (χ0) is 28.9. The zero-order valence-electron chi connectivity index (χ0n) is 24.3. The Labute approximate surface area is 236 Å². The first-order chi connectivity index (χ1) is 18.3. The van der Waals surface area contributed by atoms with E-state index in [4.69, 9.17) is 9.47 Å². The van der Waals surface area contributed by atoms with E-state index in [0.29, 0.717) is 4.88 Å². The highest BCUT2D eigenvalue weighted by atomic mass is 32.1. The van der Waals surface area contributed by atoms with Gasteiger partial charge in [-0.3, -0.25) is 9.59 Å². The highest BCUT2D eigenvalue weighted by Crippen LogP contribution is 2.37. The Balaban J connectivity index is 1.76. The van der Waals surface area contributed by atoms with E-state index >= 15 is 0 Å². The van der Waals surface area contributed by atoms with Crippen molar-refractivity contribution in [1.82, 2.24) is 5.32 Å². The van der Waals surface area contributed by atoms with E-state index in [9.17, 15) is 14.7 Å². The van der Waals surface area contributed by atoms with Gasteiger partial charge < -0.3 is 19.9 Å². The van der Waals surface area contributed by atoms with Crippen LogP contribution in [-0.4, -0.2) is 29.8 Å². The predicted octanol–water partition coefficient (Wildman–Crippen LogP) is 7.11. The van der Waals surface area contributed by atoms with Gasteiger partial charge in [0.2, 0.25) is 0 Å². The van der Waals surface area contributed by atoms with E-state index < -0.39 is 18.1 Å². The molecular weight excluding hydrogens is 510 g/mol. The summed E-state index contributed by atoms with van der Waals surface area (Å²) in [6.45, 7) is 16.9. The van der Waals surface area contributed by atoms with E-state index in [0.717, 1.165) is 21.8 Å². The molecule has 2 atom stereocenters. The third kappa shape index (κ3) is 7.93. The molecule has 0 aliphatic heterocycles. The van der Waals surface area contributed by atoms with Crippen LogP contribution in [0.15, 0.2) is 48.5 Å². The lowest BCUT2D eigenvalue weighted by molar-refractivity contribution is -0.145. The van der Waals surface area contributed by atoms with Gasteiger partial charge in [0.05, 0.1) is 17.9 Å². The maximum Gasteiger partial charge on any atom is 0.310 e. The first-order valence-electron chi connectivity index (χ1n) is 13.4. The van der Waals surface area contributed by atoms with Gasteiger partial charge in [-0.05, 0) is 84.2 Å². The molecule has 2 aromatic carbocycles. The topological polar surface area (TPSA) is 84.9 Å². The molecule has 0 aliphatic rings. The first-order valence-corrected chi connectivity index (χ1v) is 14.2. The Morgan fingerprint density at radius 2 is 1.62 bits per heavy atom. The van der Waals surface area contributed by atoms with Gasteiger partial charge in [0.1, 0.15) is 18.1 Å².